The van der Waals surface area contributed by atoms with Crippen molar-refractivity contribution < 1.29 is 18.1 Å². The molecule has 0 aromatic heterocycles. The zero-order chi connectivity index (χ0) is 11.7. The highest BCUT2D eigenvalue weighted by atomic mass is 28.4. The van der Waals surface area contributed by atoms with Gasteiger partial charge in [-0.25, -0.2) is 9.79 Å². The van der Waals surface area contributed by atoms with Crippen molar-refractivity contribution in [2.75, 3.05) is 27.9 Å². The van der Waals surface area contributed by atoms with Gasteiger partial charge in [0.25, 0.3) is 0 Å². The molecule has 0 radical (unpaired) electrons. The maximum Gasteiger partial charge on any atom is 0.503 e. The lowest BCUT2D eigenvalue weighted by atomic mass is 10.2. The number of hydrogen-bond acceptors (Lipinski definition) is 5. The molecule has 0 N–H and O–H groups in total. The standard InChI is InChI=1S/C9H19NO4Si/c1-5-9(6-7-10-8-11)15(12-2,13-3)14-4/h9H,5-7H2,1-4H3. The summed E-state index contributed by atoms with van der Waals surface area (Å²) in [5.74, 6) is 0. The first kappa shape index (κ1) is 14.5. The number of hydrogen-bond donors (Lipinski definition) is 0. The average Bonchev–Trinajstić information content (AvgIpc) is 2.29. The highest BCUT2D eigenvalue weighted by Crippen LogP contribution is 2.30. The third-order valence-electron chi connectivity index (χ3n) is 2.50. The second kappa shape index (κ2) is 7.73. The fraction of sp³-hybridized carbons (Fsp3) is 0.889. The fourth-order valence-corrected chi connectivity index (χ4v) is 4.13. The van der Waals surface area contributed by atoms with Crippen LogP contribution >= 0.6 is 0 Å². The third kappa shape index (κ3) is 3.85. The van der Waals surface area contributed by atoms with Crippen molar-refractivity contribution in [3.8, 4) is 0 Å². The summed E-state index contributed by atoms with van der Waals surface area (Å²) in [7, 11) is 2.18. The molecule has 15 heavy (non-hydrogen) atoms. The van der Waals surface area contributed by atoms with Crippen LogP contribution in [0.2, 0.25) is 5.54 Å². The average molecular weight is 233 g/mol. The molecular weight excluding hydrogens is 214 g/mol. The Labute approximate surface area is 91.8 Å². The van der Waals surface area contributed by atoms with Gasteiger partial charge in [0, 0.05) is 26.9 Å². The lowest BCUT2D eigenvalue weighted by Gasteiger charge is -2.31. The van der Waals surface area contributed by atoms with Crippen LogP contribution in [0, 0.1) is 0 Å². The van der Waals surface area contributed by atoms with Gasteiger partial charge in [-0.1, -0.05) is 6.92 Å². The molecule has 6 heteroatoms. The molecule has 0 bridgehead atoms. The fourth-order valence-electron chi connectivity index (χ4n) is 1.65. The normalized spacial score (nSPS) is 13.3. The van der Waals surface area contributed by atoms with Crippen LogP contribution in [0.25, 0.3) is 0 Å². The largest absolute Gasteiger partial charge is 0.503 e. The van der Waals surface area contributed by atoms with Gasteiger partial charge in [0.15, 0.2) is 0 Å². The summed E-state index contributed by atoms with van der Waals surface area (Å²) in [5, 5.41) is 0. The minimum atomic E-state index is -2.59. The van der Waals surface area contributed by atoms with Crippen molar-refractivity contribution in [2.24, 2.45) is 4.99 Å². The van der Waals surface area contributed by atoms with E-state index in [0.29, 0.717) is 13.0 Å². The quantitative estimate of drug-likeness (QED) is 0.361. The van der Waals surface area contributed by atoms with Gasteiger partial charge in [0.2, 0.25) is 6.08 Å². The first-order valence-corrected chi connectivity index (χ1v) is 6.70. The summed E-state index contributed by atoms with van der Waals surface area (Å²) in [6.07, 6.45) is 3.11. The number of rotatable bonds is 8. The molecule has 0 saturated heterocycles. The monoisotopic (exact) mass is 233 g/mol. The lowest BCUT2D eigenvalue weighted by Crippen LogP contribution is -2.47. The molecule has 0 spiro atoms. The Morgan fingerprint density at radius 1 is 1.27 bits per heavy atom. The Morgan fingerprint density at radius 2 is 1.80 bits per heavy atom. The van der Waals surface area contributed by atoms with Crippen LogP contribution in [0.3, 0.4) is 0 Å². The van der Waals surface area contributed by atoms with Crippen molar-refractivity contribution in [1.29, 1.82) is 0 Å². The van der Waals surface area contributed by atoms with Crippen LogP contribution in [0.5, 0.6) is 0 Å². The van der Waals surface area contributed by atoms with E-state index in [0.717, 1.165) is 6.42 Å². The van der Waals surface area contributed by atoms with Gasteiger partial charge in [-0.3, -0.25) is 0 Å². The van der Waals surface area contributed by atoms with Gasteiger partial charge >= 0.3 is 8.80 Å². The Morgan fingerprint density at radius 3 is 2.13 bits per heavy atom. The maximum atomic E-state index is 9.96. The Hall–Kier alpha value is -0.523. The summed E-state index contributed by atoms with van der Waals surface area (Å²) in [6, 6.07) is 0. The molecule has 0 heterocycles. The van der Waals surface area contributed by atoms with Crippen molar-refractivity contribution in [2.45, 2.75) is 25.3 Å². The molecule has 1 atom stereocenters. The van der Waals surface area contributed by atoms with E-state index < -0.39 is 8.80 Å². The molecule has 0 saturated carbocycles. The SMILES string of the molecule is CCC(CCN=C=O)[Si](OC)(OC)OC. The molecule has 0 aliphatic rings. The predicted octanol–water partition coefficient (Wildman–Crippen LogP) is 1.37. The Bertz CT molecular complexity index is 206. The Kier molecular flexibility index (Phi) is 7.46. The number of carbonyl (C=O) groups excluding carboxylic acids is 1. The molecule has 0 fully saturated rings. The number of isocyanates is 1. The summed E-state index contributed by atoms with van der Waals surface area (Å²) in [5.41, 5.74) is 0.162. The van der Waals surface area contributed by atoms with E-state index in [4.69, 9.17) is 13.3 Å². The summed E-state index contributed by atoms with van der Waals surface area (Å²) in [6.45, 7) is 2.47. The first-order chi connectivity index (χ1) is 7.20. The van der Waals surface area contributed by atoms with Crippen LogP contribution in [-0.2, 0) is 18.1 Å². The van der Waals surface area contributed by atoms with E-state index in [2.05, 4.69) is 4.99 Å². The second-order valence-electron chi connectivity index (χ2n) is 3.08. The predicted molar refractivity (Wildman–Crippen MR) is 58.4 cm³/mol. The van der Waals surface area contributed by atoms with Crippen LogP contribution < -0.4 is 0 Å². The third-order valence-corrected chi connectivity index (χ3v) is 5.90. The van der Waals surface area contributed by atoms with Crippen molar-refractivity contribution in [1.82, 2.24) is 0 Å². The number of aliphatic imine (C=N–C) groups is 1. The van der Waals surface area contributed by atoms with Gasteiger partial charge in [0.1, 0.15) is 0 Å². The topological polar surface area (TPSA) is 57.1 Å². The minimum absolute atomic E-state index is 0.162. The van der Waals surface area contributed by atoms with E-state index in [9.17, 15) is 4.79 Å². The van der Waals surface area contributed by atoms with Gasteiger partial charge in [-0.15, -0.1) is 0 Å². The molecule has 0 aromatic rings. The molecule has 1 unspecified atom stereocenters. The molecule has 88 valence electrons. The lowest BCUT2D eigenvalue weighted by molar-refractivity contribution is 0.109. The van der Waals surface area contributed by atoms with Crippen LogP contribution in [-0.4, -0.2) is 42.8 Å². The molecule has 0 rings (SSSR count). The van der Waals surface area contributed by atoms with Gasteiger partial charge in [-0.2, -0.15) is 0 Å². The van der Waals surface area contributed by atoms with Crippen LogP contribution in [0.15, 0.2) is 4.99 Å². The van der Waals surface area contributed by atoms with E-state index in [-0.39, 0.29) is 5.54 Å². The zero-order valence-corrected chi connectivity index (χ0v) is 10.8. The minimum Gasteiger partial charge on any atom is -0.377 e. The van der Waals surface area contributed by atoms with E-state index >= 15 is 0 Å². The maximum absolute atomic E-state index is 9.96. The molecule has 0 aliphatic carbocycles. The smallest absolute Gasteiger partial charge is 0.377 e. The zero-order valence-electron chi connectivity index (χ0n) is 9.78. The van der Waals surface area contributed by atoms with E-state index in [1.54, 1.807) is 21.3 Å². The summed E-state index contributed by atoms with van der Waals surface area (Å²) in [4.78, 5) is 13.5. The molecule has 0 aromatic carbocycles. The van der Waals surface area contributed by atoms with Gasteiger partial charge < -0.3 is 13.3 Å². The highest BCUT2D eigenvalue weighted by molar-refractivity contribution is 6.62. The van der Waals surface area contributed by atoms with Gasteiger partial charge in [-0.05, 0) is 12.8 Å². The Balaban J connectivity index is 4.50. The second-order valence-corrected chi connectivity index (χ2v) is 6.33. The van der Waals surface area contributed by atoms with E-state index in [1.807, 2.05) is 6.92 Å². The van der Waals surface area contributed by atoms with Crippen molar-refractivity contribution in [3.63, 3.8) is 0 Å². The molecule has 0 amide bonds. The highest BCUT2D eigenvalue weighted by Gasteiger charge is 2.45. The van der Waals surface area contributed by atoms with Crippen LogP contribution in [0.4, 0.5) is 0 Å². The van der Waals surface area contributed by atoms with Crippen molar-refractivity contribution in [3.05, 3.63) is 0 Å². The first-order valence-electron chi connectivity index (χ1n) is 4.89. The summed E-state index contributed by atoms with van der Waals surface area (Å²) < 4.78 is 16.1. The molecule has 0 aliphatic heterocycles. The van der Waals surface area contributed by atoms with Crippen molar-refractivity contribution >= 4 is 14.9 Å². The number of nitrogens with zero attached hydrogens (tertiary/aromatic N) is 1. The van der Waals surface area contributed by atoms with Gasteiger partial charge in [0.05, 0.1) is 6.54 Å². The molecular formula is C9H19NO4Si. The van der Waals surface area contributed by atoms with Crippen LogP contribution in [0.1, 0.15) is 19.8 Å². The summed E-state index contributed by atoms with van der Waals surface area (Å²) >= 11 is 0. The molecule has 5 nitrogen and oxygen atoms in total. The van der Waals surface area contributed by atoms with E-state index in [1.165, 1.54) is 6.08 Å².